The molecule has 0 bridgehead atoms. The van der Waals surface area contributed by atoms with Gasteiger partial charge in [-0.2, -0.15) is 8.78 Å². The van der Waals surface area contributed by atoms with Crippen molar-refractivity contribution in [3.8, 4) is 5.75 Å². The van der Waals surface area contributed by atoms with Crippen LogP contribution in [0.3, 0.4) is 0 Å². The van der Waals surface area contributed by atoms with E-state index in [1.165, 1.54) is 24.3 Å². The fraction of sp³-hybridized carbons (Fsp3) is 0.448. The number of benzene rings is 2. The molecule has 4 N–H and O–H groups in total. The zero-order valence-corrected chi connectivity index (χ0v) is 23.3. The van der Waals surface area contributed by atoms with Crippen molar-refractivity contribution in [2.24, 2.45) is 5.92 Å². The molecule has 1 fully saturated rings. The molecule has 3 atom stereocenters. The number of carbonyl (C=O) groups excluding carboxylic acids is 4. The number of halogens is 5. The summed E-state index contributed by atoms with van der Waals surface area (Å²) < 4.78 is 75.5. The number of rotatable bonds is 15. The average Bonchev–Trinajstić information content (AvgIpc) is 3.38. The highest BCUT2D eigenvalue weighted by Gasteiger charge is 2.34. The molecule has 0 radical (unpaired) electrons. The molecule has 2 aromatic carbocycles. The number of carbonyl (C=O) groups is 4. The molecule has 1 aliphatic rings. The maximum atomic E-state index is 14.4. The minimum Gasteiger partial charge on any atom is -0.479 e. The summed E-state index contributed by atoms with van der Waals surface area (Å²) in [5, 5.41) is 16.6. The van der Waals surface area contributed by atoms with E-state index in [4.69, 9.17) is 9.84 Å². The maximum Gasteiger partial charge on any atom is 0.243 e. The van der Waals surface area contributed by atoms with Crippen LogP contribution < -0.4 is 20.7 Å². The molecule has 1 heterocycles. The van der Waals surface area contributed by atoms with Gasteiger partial charge in [-0.25, -0.2) is 13.2 Å². The van der Waals surface area contributed by atoms with Gasteiger partial charge >= 0.3 is 0 Å². The van der Waals surface area contributed by atoms with Crippen molar-refractivity contribution >= 4 is 23.5 Å². The van der Waals surface area contributed by atoms with Crippen LogP contribution in [-0.4, -0.2) is 53.8 Å². The summed E-state index contributed by atoms with van der Waals surface area (Å²) in [6.45, 7) is -0.337. The van der Waals surface area contributed by atoms with Crippen molar-refractivity contribution in [1.29, 1.82) is 0 Å². The quantitative estimate of drug-likeness (QED) is 0.180. The summed E-state index contributed by atoms with van der Waals surface area (Å²) in [5.74, 6) is -13.4. The highest BCUT2D eigenvalue weighted by molar-refractivity contribution is 5.94. The Morgan fingerprint density at radius 1 is 1.05 bits per heavy atom. The number of unbranched alkanes of at least 4 members (excludes halogenated alkanes) is 1. The van der Waals surface area contributed by atoms with E-state index in [2.05, 4.69) is 16.0 Å². The maximum absolute atomic E-state index is 14.4. The summed E-state index contributed by atoms with van der Waals surface area (Å²) in [4.78, 5) is 51.3. The summed E-state index contributed by atoms with van der Waals surface area (Å²) in [6, 6.07) is 2.55. The third-order valence-electron chi connectivity index (χ3n) is 6.96. The number of nitrogens with one attached hydrogen (secondary N) is 3. The molecule has 14 heteroatoms. The molecule has 0 aromatic heterocycles. The SMILES string of the molecule is CCCCC(=O)N[C@@H](Cc1cccc(F)c1)C(=O)N[C@@H](C[C@@H]1CCNC1=O)C(=O)COc1c(F)c(F)c(CO)c(F)c1F. The minimum absolute atomic E-state index is 0.0984. The molecule has 0 unspecified atom stereocenters. The van der Waals surface area contributed by atoms with E-state index in [0.717, 1.165) is 0 Å². The molecule has 9 nitrogen and oxygen atoms in total. The molecule has 234 valence electrons. The summed E-state index contributed by atoms with van der Waals surface area (Å²) in [7, 11) is 0. The van der Waals surface area contributed by atoms with Gasteiger partial charge in [-0.3, -0.25) is 19.2 Å². The molecule has 3 amide bonds. The van der Waals surface area contributed by atoms with Gasteiger partial charge in [0, 0.05) is 25.3 Å². The van der Waals surface area contributed by atoms with Gasteiger partial charge in [0.25, 0.3) is 0 Å². The Hall–Kier alpha value is -4.07. The van der Waals surface area contributed by atoms with E-state index in [-0.39, 0.29) is 19.3 Å². The first-order valence-electron chi connectivity index (χ1n) is 13.7. The van der Waals surface area contributed by atoms with Gasteiger partial charge in [0.2, 0.25) is 29.4 Å². The number of ketones is 1. The molecule has 0 aliphatic carbocycles. The Kier molecular flexibility index (Phi) is 12.0. The number of ether oxygens (including phenoxy) is 1. The van der Waals surface area contributed by atoms with Gasteiger partial charge in [0.05, 0.1) is 18.2 Å². The van der Waals surface area contributed by atoms with Crippen LogP contribution in [0.2, 0.25) is 0 Å². The Bertz CT molecular complexity index is 1330. The van der Waals surface area contributed by atoms with E-state index in [1.54, 1.807) is 0 Å². The van der Waals surface area contributed by atoms with E-state index >= 15 is 0 Å². The fourth-order valence-corrected chi connectivity index (χ4v) is 4.58. The first kappa shape index (κ1) is 33.4. The van der Waals surface area contributed by atoms with Crippen LogP contribution in [0.25, 0.3) is 0 Å². The monoisotopic (exact) mass is 613 g/mol. The predicted octanol–water partition coefficient (Wildman–Crippen LogP) is 2.75. The third kappa shape index (κ3) is 8.72. The first-order valence-corrected chi connectivity index (χ1v) is 13.7. The summed E-state index contributed by atoms with van der Waals surface area (Å²) in [5.41, 5.74) is -0.907. The molecule has 43 heavy (non-hydrogen) atoms. The van der Waals surface area contributed by atoms with Crippen LogP contribution in [0.15, 0.2) is 24.3 Å². The zero-order chi connectivity index (χ0) is 31.7. The lowest BCUT2D eigenvalue weighted by molar-refractivity contribution is -0.132. The molecular formula is C29H32F5N3O6. The summed E-state index contributed by atoms with van der Waals surface area (Å²) in [6.07, 6.45) is 1.22. The number of aliphatic hydroxyl groups is 1. The minimum atomic E-state index is -1.98. The largest absolute Gasteiger partial charge is 0.479 e. The number of hydrogen-bond donors (Lipinski definition) is 4. The number of aliphatic hydroxyl groups excluding tert-OH is 1. The Morgan fingerprint density at radius 3 is 2.33 bits per heavy atom. The van der Waals surface area contributed by atoms with Crippen LogP contribution in [0.5, 0.6) is 5.75 Å². The second-order valence-corrected chi connectivity index (χ2v) is 10.1. The van der Waals surface area contributed by atoms with Crippen molar-refractivity contribution in [3.05, 3.63) is 64.5 Å². The molecule has 1 saturated heterocycles. The van der Waals surface area contributed by atoms with Gasteiger partial charge in [0.15, 0.2) is 23.2 Å². The van der Waals surface area contributed by atoms with E-state index in [0.29, 0.717) is 31.4 Å². The number of hydrogen-bond acceptors (Lipinski definition) is 6. The molecule has 1 aliphatic heterocycles. The number of Topliss-reactive ketones (excluding diaryl/α,β-unsaturated/α-hetero) is 1. The lowest BCUT2D eigenvalue weighted by Gasteiger charge is -2.24. The second-order valence-electron chi connectivity index (χ2n) is 10.1. The lowest BCUT2D eigenvalue weighted by Crippen LogP contribution is -2.53. The smallest absolute Gasteiger partial charge is 0.243 e. The van der Waals surface area contributed by atoms with E-state index < -0.39 is 95.1 Å². The second kappa shape index (κ2) is 15.4. The van der Waals surface area contributed by atoms with Crippen molar-refractivity contribution < 1.29 is 51.0 Å². The van der Waals surface area contributed by atoms with Gasteiger partial charge in [-0.1, -0.05) is 25.5 Å². The molecule has 2 aromatic rings. The Labute approximate surface area is 244 Å². The van der Waals surface area contributed by atoms with Crippen LogP contribution >= 0.6 is 0 Å². The normalized spacial score (nSPS) is 15.9. The van der Waals surface area contributed by atoms with Crippen molar-refractivity contribution in [2.75, 3.05) is 13.2 Å². The van der Waals surface area contributed by atoms with E-state index in [1.807, 2.05) is 6.92 Å². The number of amides is 3. The molecule has 0 saturated carbocycles. The van der Waals surface area contributed by atoms with Crippen LogP contribution in [0, 0.1) is 35.0 Å². The highest BCUT2D eigenvalue weighted by atomic mass is 19.2. The molecule has 0 spiro atoms. The zero-order valence-electron chi connectivity index (χ0n) is 23.3. The average molecular weight is 614 g/mol. The van der Waals surface area contributed by atoms with Gasteiger partial charge < -0.3 is 25.8 Å². The van der Waals surface area contributed by atoms with Crippen molar-refractivity contribution in [1.82, 2.24) is 16.0 Å². The molecule has 3 rings (SSSR count). The fourth-order valence-electron chi connectivity index (χ4n) is 4.58. The highest BCUT2D eigenvalue weighted by Crippen LogP contribution is 2.30. The predicted molar refractivity (Wildman–Crippen MR) is 142 cm³/mol. The van der Waals surface area contributed by atoms with E-state index in [9.17, 15) is 41.1 Å². The first-order chi connectivity index (χ1) is 20.5. The summed E-state index contributed by atoms with van der Waals surface area (Å²) >= 11 is 0. The lowest BCUT2D eigenvalue weighted by atomic mass is 9.95. The van der Waals surface area contributed by atoms with Gasteiger partial charge in [0.1, 0.15) is 18.5 Å². The standard InChI is InChI=1S/C29H32F5N3O6/c1-2-3-7-22(40)36-20(11-15-5-4-6-17(30)10-15)29(42)37-19(12-16-8-9-35-28(16)41)21(39)14-43-27-25(33)23(31)18(13-38)24(32)26(27)34/h4-6,10,16,19-20,38H,2-3,7-9,11-14H2,1H3,(H,35,41)(H,36,40)(H,37,42)/t16-,19-,20-/m0/s1. The van der Waals surface area contributed by atoms with Gasteiger partial charge in [-0.05, 0) is 37.0 Å². The van der Waals surface area contributed by atoms with Crippen molar-refractivity contribution in [3.63, 3.8) is 0 Å². The third-order valence-corrected chi connectivity index (χ3v) is 6.96. The Morgan fingerprint density at radius 2 is 1.74 bits per heavy atom. The van der Waals surface area contributed by atoms with Crippen molar-refractivity contribution in [2.45, 2.75) is 64.1 Å². The van der Waals surface area contributed by atoms with Crippen LogP contribution in [-0.2, 0) is 32.2 Å². The molecular weight excluding hydrogens is 581 g/mol. The Balaban J connectivity index is 1.84. The van der Waals surface area contributed by atoms with Crippen LogP contribution in [0.1, 0.15) is 50.2 Å². The topological polar surface area (TPSA) is 134 Å². The van der Waals surface area contributed by atoms with Gasteiger partial charge in [-0.15, -0.1) is 0 Å². The van der Waals surface area contributed by atoms with Crippen LogP contribution in [0.4, 0.5) is 22.0 Å².